The van der Waals surface area contributed by atoms with E-state index in [-0.39, 0.29) is 17.6 Å². The maximum atomic E-state index is 13.1. The Labute approximate surface area is 113 Å². The van der Waals surface area contributed by atoms with E-state index in [1.807, 2.05) is 0 Å². The first-order valence-electron chi connectivity index (χ1n) is 5.38. The van der Waals surface area contributed by atoms with Crippen LogP contribution in [-0.4, -0.2) is 23.2 Å². The van der Waals surface area contributed by atoms with Crippen molar-refractivity contribution in [3.05, 3.63) is 34.1 Å². The van der Waals surface area contributed by atoms with Gasteiger partial charge in [-0.2, -0.15) is 0 Å². The standard InChI is InChI=1S/C12H12BrClFNO/c13-11-2-1-10(15)4-9(11)7-16-6-8(5-14)3-12(16)17/h1-2,4,8H,3,5-7H2. The molecule has 1 unspecified atom stereocenters. The highest BCUT2D eigenvalue weighted by Crippen LogP contribution is 2.24. The van der Waals surface area contributed by atoms with Crippen LogP contribution in [0.25, 0.3) is 0 Å². The smallest absolute Gasteiger partial charge is 0.223 e. The van der Waals surface area contributed by atoms with Gasteiger partial charge in [0.25, 0.3) is 0 Å². The molecule has 1 fully saturated rings. The maximum absolute atomic E-state index is 13.1. The lowest BCUT2D eigenvalue weighted by atomic mass is 10.1. The van der Waals surface area contributed by atoms with Crippen molar-refractivity contribution < 1.29 is 9.18 Å². The summed E-state index contributed by atoms with van der Waals surface area (Å²) in [5.41, 5.74) is 0.786. The van der Waals surface area contributed by atoms with E-state index in [4.69, 9.17) is 11.6 Å². The van der Waals surface area contributed by atoms with Gasteiger partial charge >= 0.3 is 0 Å². The van der Waals surface area contributed by atoms with Crippen LogP contribution in [-0.2, 0) is 11.3 Å². The fraction of sp³-hybridized carbons (Fsp3) is 0.417. The summed E-state index contributed by atoms with van der Waals surface area (Å²) >= 11 is 9.11. The van der Waals surface area contributed by atoms with Crippen LogP contribution in [0.15, 0.2) is 22.7 Å². The van der Waals surface area contributed by atoms with Crippen LogP contribution in [0.2, 0.25) is 0 Å². The van der Waals surface area contributed by atoms with E-state index in [1.54, 1.807) is 11.0 Å². The van der Waals surface area contributed by atoms with Crippen molar-refractivity contribution in [2.75, 3.05) is 12.4 Å². The monoisotopic (exact) mass is 319 g/mol. The fourth-order valence-electron chi connectivity index (χ4n) is 1.98. The number of rotatable bonds is 3. The van der Waals surface area contributed by atoms with Crippen molar-refractivity contribution >= 4 is 33.4 Å². The second kappa shape index (κ2) is 5.36. The lowest BCUT2D eigenvalue weighted by molar-refractivity contribution is -0.128. The van der Waals surface area contributed by atoms with Gasteiger partial charge in [0.15, 0.2) is 0 Å². The van der Waals surface area contributed by atoms with Crippen molar-refractivity contribution in [1.29, 1.82) is 0 Å². The molecular weight excluding hydrogens is 308 g/mol. The first-order chi connectivity index (χ1) is 8.10. The van der Waals surface area contributed by atoms with Gasteiger partial charge in [0.1, 0.15) is 5.82 Å². The first-order valence-corrected chi connectivity index (χ1v) is 6.70. The average Bonchev–Trinajstić information content (AvgIpc) is 2.65. The van der Waals surface area contributed by atoms with E-state index in [0.29, 0.717) is 25.4 Å². The Morgan fingerprint density at radius 1 is 1.53 bits per heavy atom. The SMILES string of the molecule is O=C1CC(CCl)CN1Cc1cc(F)ccc1Br. The van der Waals surface area contributed by atoms with Gasteiger partial charge < -0.3 is 4.90 Å². The molecule has 92 valence electrons. The zero-order chi connectivity index (χ0) is 12.4. The van der Waals surface area contributed by atoms with Gasteiger partial charge in [0.05, 0.1) is 0 Å². The molecule has 1 aliphatic heterocycles. The van der Waals surface area contributed by atoms with Crippen LogP contribution in [0.3, 0.4) is 0 Å². The maximum Gasteiger partial charge on any atom is 0.223 e. The fourth-order valence-corrected chi connectivity index (χ4v) is 2.56. The van der Waals surface area contributed by atoms with Crippen LogP contribution < -0.4 is 0 Å². The number of carbonyl (C=O) groups excluding carboxylic acids is 1. The van der Waals surface area contributed by atoms with Gasteiger partial charge in [-0.3, -0.25) is 4.79 Å². The molecule has 1 aliphatic rings. The van der Waals surface area contributed by atoms with E-state index in [0.717, 1.165) is 10.0 Å². The van der Waals surface area contributed by atoms with E-state index in [1.165, 1.54) is 12.1 Å². The third-order valence-electron chi connectivity index (χ3n) is 2.88. The Hall–Kier alpha value is -0.610. The number of alkyl halides is 1. The molecule has 2 rings (SSSR count). The lowest BCUT2D eigenvalue weighted by Crippen LogP contribution is -2.25. The minimum Gasteiger partial charge on any atom is -0.338 e. The highest BCUT2D eigenvalue weighted by molar-refractivity contribution is 9.10. The molecule has 0 aromatic heterocycles. The van der Waals surface area contributed by atoms with Crippen molar-refractivity contribution in [3.63, 3.8) is 0 Å². The van der Waals surface area contributed by atoms with E-state index < -0.39 is 0 Å². The highest BCUT2D eigenvalue weighted by Gasteiger charge is 2.29. The number of carbonyl (C=O) groups is 1. The molecule has 0 bridgehead atoms. The molecule has 0 N–H and O–H groups in total. The molecule has 0 aliphatic carbocycles. The number of amides is 1. The molecular formula is C12H12BrClFNO. The van der Waals surface area contributed by atoms with Gasteiger partial charge in [-0.15, -0.1) is 11.6 Å². The zero-order valence-corrected chi connectivity index (χ0v) is 11.5. The van der Waals surface area contributed by atoms with Crippen molar-refractivity contribution in [1.82, 2.24) is 4.90 Å². The topological polar surface area (TPSA) is 20.3 Å². The molecule has 0 radical (unpaired) electrons. The van der Waals surface area contributed by atoms with Crippen LogP contribution in [0.4, 0.5) is 4.39 Å². The largest absolute Gasteiger partial charge is 0.338 e. The van der Waals surface area contributed by atoms with Crippen LogP contribution in [0, 0.1) is 11.7 Å². The molecule has 1 heterocycles. The second-order valence-electron chi connectivity index (χ2n) is 4.23. The number of benzene rings is 1. The molecule has 5 heteroatoms. The summed E-state index contributed by atoms with van der Waals surface area (Å²) in [4.78, 5) is 13.4. The van der Waals surface area contributed by atoms with Crippen molar-refractivity contribution in [2.45, 2.75) is 13.0 Å². The molecule has 1 saturated heterocycles. The van der Waals surface area contributed by atoms with Gasteiger partial charge in [-0.05, 0) is 29.7 Å². The molecule has 2 nitrogen and oxygen atoms in total. The number of hydrogen-bond acceptors (Lipinski definition) is 1. The minimum atomic E-state index is -0.288. The average molecular weight is 321 g/mol. The van der Waals surface area contributed by atoms with Crippen molar-refractivity contribution in [2.24, 2.45) is 5.92 Å². The molecule has 1 aromatic carbocycles. The zero-order valence-electron chi connectivity index (χ0n) is 9.13. The number of hydrogen-bond donors (Lipinski definition) is 0. The molecule has 0 saturated carbocycles. The highest BCUT2D eigenvalue weighted by atomic mass is 79.9. The summed E-state index contributed by atoms with van der Waals surface area (Å²) in [5.74, 6) is 0.513. The summed E-state index contributed by atoms with van der Waals surface area (Å²) in [7, 11) is 0. The summed E-state index contributed by atoms with van der Waals surface area (Å²) in [6.45, 7) is 1.09. The van der Waals surface area contributed by atoms with Crippen LogP contribution in [0.1, 0.15) is 12.0 Å². The Morgan fingerprint density at radius 3 is 2.94 bits per heavy atom. The lowest BCUT2D eigenvalue weighted by Gasteiger charge is -2.17. The van der Waals surface area contributed by atoms with Crippen LogP contribution >= 0.6 is 27.5 Å². The quantitative estimate of drug-likeness (QED) is 0.783. The molecule has 1 atom stereocenters. The summed E-state index contributed by atoms with van der Waals surface area (Å²) in [6, 6.07) is 4.50. The van der Waals surface area contributed by atoms with Gasteiger partial charge in [-0.1, -0.05) is 15.9 Å². The van der Waals surface area contributed by atoms with E-state index >= 15 is 0 Å². The third-order valence-corrected chi connectivity index (χ3v) is 4.09. The van der Waals surface area contributed by atoms with Gasteiger partial charge in [-0.25, -0.2) is 4.39 Å². The Bertz CT molecular complexity index is 441. The van der Waals surface area contributed by atoms with Crippen molar-refractivity contribution in [3.8, 4) is 0 Å². The minimum absolute atomic E-state index is 0.0896. The normalized spacial score (nSPS) is 20.1. The van der Waals surface area contributed by atoms with Crippen LogP contribution in [0.5, 0.6) is 0 Å². The predicted octanol–water partition coefficient (Wildman–Crippen LogP) is 3.18. The Morgan fingerprint density at radius 2 is 2.29 bits per heavy atom. The predicted molar refractivity (Wildman–Crippen MR) is 68.3 cm³/mol. The van der Waals surface area contributed by atoms with Gasteiger partial charge in [0, 0.05) is 29.9 Å². The molecule has 1 amide bonds. The molecule has 0 spiro atoms. The molecule has 17 heavy (non-hydrogen) atoms. The summed E-state index contributed by atoms with van der Waals surface area (Å²) in [6.07, 6.45) is 0.496. The van der Waals surface area contributed by atoms with Gasteiger partial charge in [0.2, 0.25) is 5.91 Å². The summed E-state index contributed by atoms with van der Waals surface area (Å²) in [5, 5.41) is 0. The molecule has 1 aromatic rings. The first kappa shape index (κ1) is 12.8. The number of likely N-dealkylation sites (tertiary alicyclic amines) is 1. The Kier molecular flexibility index (Phi) is 4.05. The van der Waals surface area contributed by atoms with E-state index in [2.05, 4.69) is 15.9 Å². The second-order valence-corrected chi connectivity index (χ2v) is 5.40. The number of halogens is 3. The number of nitrogens with zero attached hydrogens (tertiary/aromatic N) is 1. The Balaban J connectivity index is 2.11. The summed E-state index contributed by atoms with van der Waals surface area (Å²) < 4.78 is 13.9. The van der Waals surface area contributed by atoms with E-state index in [9.17, 15) is 9.18 Å². The third kappa shape index (κ3) is 2.99.